The molecule has 9 heteroatoms. The largest absolute Gasteiger partial charge is 0.320 e. The van der Waals surface area contributed by atoms with Gasteiger partial charge in [-0.3, -0.25) is 4.79 Å². The number of aromatic nitrogens is 3. The fourth-order valence-electron chi connectivity index (χ4n) is 1.91. The lowest BCUT2D eigenvalue weighted by Crippen LogP contribution is -2.11. The summed E-state index contributed by atoms with van der Waals surface area (Å²) in [4.78, 5) is 24.8. The molecule has 0 radical (unpaired) electrons. The predicted molar refractivity (Wildman–Crippen MR) is 96.6 cm³/mol. The minimum absolute atomic E-state index is 0.280. The van der Waals surface area contributed by atoms with Gasteiger partial charge < -0.3 is 10.6 Å². The SMILES string of the molecule is Cc1cccc(Cl)c1NC(=O)c1cnc(Nc2cc(Cl)ncn2)s1. The van der Waals surface area contributed by atoms with Crippen molar-refractivity contribution in [3.8, 4) is 0 Å². The van der Waals surface area contributed by atoms with E-state index in [1.807, 2.05) is 19.1 Å². The van der Waals surface area contributed by atoms with Gasteiger partial charge in [0, 0.05) is 6.07 Å². The van der Waals surface area contributed by atoms with Crippen molar-refractivity contribution in [2.24, 2.45) is 0 Å². The maximum Gasteiger partial charge on any atom is 0.267 e. The van der Waals surface area contributed by atoms with E-state index in [4.69, 9.17) is 23.2 Å². The summed E-state index contributed by atoms with van der Waals surface area (Å²) in [7, 11) is 0. The average Bonchev–Trinajstić information content (AvgIpc) is 2.99. The molecular weight excluding hydrogens is 369 g/mol. The summed E-state index contributed by atoms with van der Waals surface area (Å²) in [6, 6.07) is 6.99. The number of halogens is 2. The van der Waals surface area contributed by atoms with Crippen LogP contribution in [0.4, 0.5) is 16.6 Å². The highest BCUT2D eigenvalue weighted by atomic mass is 35.5. The van der Waals surface area contributed by atoms with E-state index >= 15 is 0 Å². The number of hydrogen-bond donors (Lipinski definition) is 2. The summed E-state index contributed by atoms with van der Waals surface area (Å²) < 4.78 is 0. The molecule has 0 atom stereocenters. The number of carbonyl (C=O) groups excluding carboxylic acids is 1. The van der Waals surface area contributed by atoms with Crippen molar-refractivity contribution in [3.05, 3.63) is 57.4 Å². The molecule has 2 N–H and O–H groups in total. The van der Waals surface area contributed by atoms with Crippen molar-refractivity contribution in [2.45, 2.75) is 6.92 Å². The molecule has 0 aliphatic carbocycles. The zero-order valence-electron chi connectivity index (χ0n) is 12.4. The van der Waals surface area contributed by atoms with Gasteiger partial charge >= 0.3 is 0 Å². The van der Waals surface area contributed by atoms with E-state index in [-0.39, 0.29) is 5.91 Å². The molecule has 3 rings (SSSR count). The van der Waals surface area contributed by atoms with E-state index in [1.165, 1.54) is 23.9 Å². The lowest BCUT2D eigenvalue weighted by molar-refractivity contribution is 0.103. The summed E-state index contributed by atoms with van der Waals surface area (Å²) in [5.74, 6) is 0.218. The predicted octanol–water partition coefficient (Wildman–Crippen LogP) is 4.54. The number of benzene rings is 1. The molecule has 0 unspecified atom stereocenters. The fraction of sp³-hybridized carbons (Fsp3) is 0.0667. The molecule has 0 bridgehead atoms. The Kier molecular flexibility index (Phi) is 4.94. The van der Waals surface area contributed by atoms with Gasteiger partial charge in [0.1, 0.15) is 22.2 Å². The molecule has 1 amide bonds. The van der Waals surface area contributed by atoms with Crippen molar-refractivity contribution in [1.82, 2.24) is 15.0 Å². The summed E-state index contributed by atoms with van der Waals surface area (Å²) in [5.41, 5.74) is 1.48. The molecule has 0 spiro atoms. The Morgan fingerprint density at radius 3 is 2.79 bits per heavy atom. The zero-order chi connectivity index (χ0) is 17.1. The molecule has 0 aliphatic heterocycles. The van der Waals surface area contributed by atoms with Gasteiger partial charge in [-0.15, -0.1) is 0 Å². The Labute approximate surface area is 151 Å². The molecular formula is C15H11Cl2N5OS. The van der Waals surface area contributed by atoms with E-state index in [0.29, 0.717) is 31.7 Å². The lowest BCUT2D eigenvalue weighted by atomic mass is 10.2. The third kappa shape index (κ3) is 3.81. The fourth-order valence-corrected chi connectivity index (χ4v) is 3.05. The Bertz CT molecular complexity index is 879. The van der Waals surface area contributed by atoms with Crippen LogP contribution in [0.3, 0.4) is 0 Å². The third-order valence-electron chi connectivity index (χ3n) is 3.06. The number of thiazole rings is 1. The highest BCUT2D eigenvalue weighted by Gasteiger charge is 2.14. The van der Waals surface area contributed by atoms with E-state index in [1.54, 1.807) is 12.1 Å². The first kappa shape index (κ1) is 16.6. The molecule has 6 nitrogen and oxygen atoms in total. The maximum absolute atomic E-state index is 12.4. The van der Waals surface area contributed by atoms with Gasteiger partial charge in [0.05, 0.1) is 16.9 Å². The van der Waals surface area contributed by atoms with Crippen molar-refractivity contribution in [3.63, 3.8) is 0 Å². The first-order valence-electron chi connectivity index (χ1n) is 6.80. The molecule has 1 aromatic carbocycles. The van der Waals surface area contributed by atoms with E-state index in [0.717, 1.165) is 5.56 Å². The van der Waals surface area contributed by atoms with Crippen LogP contribution >= 0.6 is 34.5 Å². The van der Waals surface area contributed by atoms with E-state index in [2.05, 4.69) is 25.6 Å². The minimum atomic E-state index is -0.280. The van der Waals surface area contributed by atoms with Crippen LogP contribution in [0, 0.1) is 6.92 Å². The van der Waals surface area contributed by atoms with Gasteiger partial charge in [-0.1, -0.05) is 46.7 Å². The normalized spacial score (nSPS) is 10.5. The zero-order valence-corrected chi connectivity index (χ0v) is 14.7. The Hall–Kier alpha value is -2.22. The van der Waals surface area contributed by atoms with Gasteiger partial charge in [-0.25, -0.2) is 15.0 Å². The standard InChI is InChI=1S/C15H11Cl2N5OS/c1-8-3-2-4-9(16)13(8)22-14(23)10-6-18-15(24-10)21-12-5-11(17)19-7-20-12/h2-7H,1H3,(H,22,23)(H,18,19,20,21). The second-order valence-corrected chi connectivity index (χ2v) is 6.59. The van der Waals surface area contributed by atoms with Crippen LogP contribution in [0.15, 0.2) is 36.8 Å². The number of aryl methyl sites for hydroxylation is 1. The molecule has 2 heterocycles. The van der Waals surface area contributed by atoms with Crippen molar-refractivity contribution in [2.75, 3.05) is 10.6 Å². The van der Waals surface area contributed by atoms with Crippen LogP contribution < -0.4 is 10.6 Å². The van der Waals surface area contributed by atoms with Gasteiger partial charge in [0.15, 0.2) is 5.13 Å². The van der Waals surface area contributed by atoms with Crippen LogP contribution in [0.2, 0.25) is 10.2 Å². The molecule has 3 aromatic rings. The highest BCUT2D eigenvalue weighted by Crippen LogP contribution is 2.27. The summed E-state index contributed by atoms with van der Waals surface area (Å²) >= 11 is 13.1. The van der Waals surface area contributed by atoms with Crippen LogP contribution in [0.1, 0.15) is 15.2 Å². The molecule has 24 heavy (non-hydrogen) atoms. The smallest absolute Gasteiger partial charge is 0.267 e. The van der Waals surface area contributed by atoms with Gasteiger partial charge in [-0.2, -0.15) is 0 Å². The highest BCUT2D eigenvalue weighted by molar-refractivity contribution is 7.17. The van der Waals surface area contributed by atoms with Crippen molar-refractivity contribution >= 4 is 57.1 Å². The van der Waals surface area contributed by atoms with Crippen molar-refractivity contribution < 1.29 is 4.79 Å². The Balaban J connectivity index is 1.74. The number of amides is 1. The van der Waals surface area contributed by atoms with Gasteiger partial charge in [0.2, 0.25) is 0 Å². The van der Waals surface area contributed by atoms with Crippen LogP contribution in [-0.4, -0.2) is 20.9 Å². The number of nitrogens with one attached hydrogen (secondary N) is 2. The average molecular weight is 380 g/mol. The maximum atomic E-state index is 12.4. The summed E-state index contributed by atoms with van der Waals surface area (Å²) in [6.07, 6.45) is 2.82. The molecule has 0 saturated carbocycles. The molecule has 0 fully saturated rings. The molecule has 0 aliphatic rings. The Morgan fingerprint density at radius 1 is 1.21 bits per heavy atom. The van der Waals surface area contributed by atoms with Crippen molar-refractivity contribution in [1.29, 1.82) is 0 Å². The van der Waals surface area contributed by atoms with Crippen LogP contribution in [0.5, 0.6) is 0 Å². The number of hydrogen-bond acceptors (Lipinski definition) is 6. The lowest BCUT2D eigenvalue weighted by Gasteiger charge is -2.08. The summed E-state index contributed by atoms with van der Waals surface area (Å²) in [6.45, 7) is 1.87. The minimum Gasteiger partial charge on any atom is -0.320 e. The monoisotopic (exact) mass is 379 g/mol. The number of anilines is 3. The quantitative estimate of drug-likeness (QED) is 0.650. The topological polar surface area (TPSA) is 79.8 Å². The van der Waals surface area contributed by atoms with Gasteiger partial charge in [0.25, 0.3) is 5.91 Å². The Morgan fingerprint density at radius 2 is 2.04 bits per heavy atom. The number of nitrogens with zero attached hydrogens (tertiary/aromatic N) is 3. The van der Waals surface area contributed by atoms with Crippen LogP contribution in [0.25, 0.3) is 0 Å². The van der Waals surface area contributed by atoms with Gasteiger partial charge in [-0.05, 0) is 18.6 Å². The second kappa shape index (κ2) is 7.12. The molecule has 2 aromatic heterocycles. The van der Waals surface area contributed by atoms with Crippen LogP contribution in [-0.2, 0) is 0 Å². The number of carbonyl (C=O) groups is 1. The molecule has 122 valence electrons. The second-order valence-electron chi connectivity index (χ2n) is 4.77. The number of rotatable bonds is 4. The van der Waals surface area contributed by atoms with E-state index < -0.39 is 0 Å². The summed E-state index contributed by atoms with van der Waals surface area (Å²) in [5, 5.41) is 7.10. The number of para-hydroxylation sites is 1. The molecule has 0 saturated heterocycles. The first-order chi connectivity index (χ1) is 11.5. The third-order valence-corrected chi connectivity index (χ3v) is 4.49. The first-order valence-corrected chi connectivity index (χ1v) is 8.37. The van der Waals surface area contributed by atoms with E-state index in [9.17, 15) is 4.79 Å².